The fraction of sp³-hybridized carbons (Fsp3) is 0.300. The molecule has 7 heteroatoms. The summed E-state index contributed by atoms with van der Waals surface area (Å²) >= 11 is 0. The largest absolute Gasteiger partial charge is 0.497 e. The van der Waals surface area contributed by atoms with Crippen LogP contribution in [0.25, 0.3) is 0 Å². The number of methoxy groups -OCH3 is 1. The molecule has 0 aliphatic rings. The summed E-state index contributed by atoms with van der Waals surface area (Å²) in [5.74, 6) is -0.273. The van der Waals surface area contributed by atoms with Crippen molar-refractivity contribution in [3.05, 3.63) is 54.3 Å². The molecule has 2 amide bonds. The van der Waals surface area contributed by atoms with Crippen molar-refractivity contribution in [3.8, 4) is 11.5 Å². The van der Waals surface area contributed by atoms with E-state index in [0.29, 0.717) is 5.75 Å². The van der Waals surface area contributed by atoms with Gasteiger partial charge in [-0.25, -0.2) is 4.39 Å². The summed E-state index contributed by atoms with van der Waals surface area (Å²) in [6.07, 6.45) is 0. The molecule has 0 fully saturated rings. The monoisotopic (exact) mass is 374 g/mol. The van der Waals surface area contributed by atoms with Crippen molar-refractivity contribution in [1.82, 2.24) is 5.32 Å². The fourth-order valence-corrected chi connectivity index (χ4v) is 2.17. The third-order valence-electron chi connectivity index (χ3n) is 3.97. The van der Waals surface area contributed by atoms with Crippen LogP contribution in [0.5, 0.6) is 11.5 Å². The van der Waals surface area contributed by atoms with Gasteiger partial charge in [-0.3, -0.25) is 9.59 Å². The Hall–Kier alpha value is -3.09. The number of hydrogen-bond acceptors (Lipinski definition) is 4. The van der Waals surface area contributed by atoms with Gasteiger partial charge in [-0.1, -0.05) is 12.1 Å². The maximum atomic E-state index is 13.7. The molecule has 0 aliphatic heterocycles. The summed E-state index contributed by atoms with van der Waals surface area (Å²) < 4.78 is 24.2. The highest BCUT2D eigenvalue weighted by Gasteiger charge is 2.36. The van der Waals surface area contributed by atoms with E-state index in [9.17, 15) is 14.0 Å². The predicted molar refractivity (Wildman–Crippen MR) is 100 cm³/mol. The Morgan fingerprint density at radius 3 is 2.26 bits per heavy atom. The normalized spacial score (nSPS) is 10.8. The van der Waals surface area contributed by atoms with Crippen LogP contribution in [0.2, 0.25) is 0 Å². The average Bonchev–Trinajstić information content (AvgIpc) is 2.67. The lowest BCUT2D eigenvalue weighted by Gasteiger charge is -2.23. The number of carbonyl (C=O) groups is 2. The number of ether oxygens (including phenoxy) is 2. The van der Waals surface area contributed by atoms with Crippen LogP contribution < -0.4 is 20.1 Å². The fourth-order valence-electron chi connectivity index (χ4n) is 2.17. The molecule has 2 rings (SSSR count). The van der Waals surface area contributed by atoms with Crippen LogP contribution in [0.3, 0.4) is 0 Å². The molecule has 0 aromatic heterocycles. The van der Waals surface area contributed by atoms with E-state index < -0.39 is 23.0 Å². The van der Waals surface area contributed by atoms with E-state index in [1.165, 1.54) is 32.0 Å². The zero-order valence-electron chi connectivity index (χ0n) is 15.5. The SMILES string of the molecule is COc1ccc(OCCNC(=O)C(C)(C)C(=O)Nc2ccccc2F)cc1. The van der Waals surface area contributed by atoms with Gasteiger partial charge < -0.3 is 20.1 Å². The molecule has 0 saturated heterocycles. The minimum atomic E-state index is -1.37. The number of hydrogen-bond donors (Lipinski definition) is 2. The first-order chi connectivity index (χ1) is 12.8. The molecule has 6 nitrogen and oxygen atoms in total. The van der Waals surface area contributed by atoms with Gasteiger partial charge in [-0.05, 0) is 50.2 Å². The van der Waals surface area contributed by atoms with Crippen LogP contribution in [0.15, 0.2) is 48.5 Å². The summed E-state index contributed by atoms with van der Waals surface area (Å²) in [5, 5.41) is 5.09. The Morgan fingerprint density at radius 2 is 1.63 bits per heavy atom. The molecule has 2 aromatic rings. The molecule has 27 heavy (non-hydrogen) atoms. The van der Waals surface area contributed by atoms with Gasteiger partial charge in [0, 0.05) is 0 Å². The van der Waals surface area contributed by atoms with Crippen molar-refractivity contribution in [2.45, 2.75) is 13.8 Å². The molecule has 0 radical (unpaired) electrons. The first-order valence-corrected chi connectivity index (χ1v) is 8.45. The van der Waals surface area contributed by atoms with E-state index in [1.54, 1.807) is 37.4 Å². The van der Waals surface area contributed by atoms with Gasteiger partial charge in [-0.15, -0.1) is 0 Å². The lowest BCUT2D eigenvalue weighted by atomic mass is 9.91. The molecule has 0 atom stereocenters. The van der Waals surface area contributed by atoms with Gasteiger partial charge in [0.25, 0.3) is 0 Å². The van der Waals surface area contributed by atoms with E-state index in [1.807, 2.05) is 0 Å². The minimum absolute atomic E-state index is 0.0335. The summed E-state index contributed by atoms with van der Waals surface area (Å²) in [4.78, 5) is 24.7. The van der Waals surface area contributed by atoms with Crippen LogP contribution in [0.1, 0.15) is 13.8 Å². The van der Waals surface area contributed by atoms with Gasteiger partial charge >= 0.3 is 0 Å². The van der Waals surface area contributed by atoms with E-state index >= 15 is 0 Å². The van der Waals surface area contributed by atoms with Gasteiger partial charge in [0.05, 0.1) is 19.3 Å². The Bertz CT molecular complexity index is 791. The number of halogens is 1. The number of para-hydroxylation sites is 1. The van der Waals surface area contributed by atoms with Crippen LogP contribution in [0.4, 0.5) is 10.1 Å². The van der Waals surface area contributed by atoms with Crippen molar-refractivity contribution in [2.24, 2.45) is 5.41 Å². The highest BCUT2D eigenvalue weighted by molar-refractivity contribution is 6.09. The van der Waals surface area contributed by atoms with E-state index in [0.717, 1.165) is 5.75 Å². The van der Waals surface area contributed by atoms with Crippen molar-refractivity contribution in [3.63, 3.8) is 0 Å². The van der Waals surface area contributed by atoms with E-state index in [2.05, 4.69) is 10.6 Å². The third kappa shape index (κ3) is 5.44. The van der Waals surface area contributed by atoms with Crippen LogP contribution in [0, 0.1) is 11.2 Å². The zero-order valence-corrected chi connectivity index (χ0v) is 15.5. The summed E-state index contributed by atoms with van der Waals surface area (Å²) in [7, 11) is 1.58. The highest BCUT2D eigenvalue weighted by Crippen LogP contribution is 2.21. The van der Waals surface area contributed by atoms with Crippen molar-refractivity contribution < 1.29 is 23.5 Å². The molecule has 2 N–H and O–H groups in total. The van der Waals surface area contributed by atoms with Gasteiger partial charge in [0.1, 0.15) is 29.3 Å². The van der Waals surface area contributed by atoms with Crippen molar-refractivity contribution in [2.75, 3.05) is 25.6 Å². The smallest absolute Gasteiger partial charge is 0.239 e. The van der Waals surface area contributed by atoms with Crippen LogP contribution in [-0.4, -0.2) is 32.1 Å². The molecular formula is C20H23FN2O4. The number of rotatable bonds is 8. The second-order valence-electron chi connectivity index (χ2n) is 6.34. The number of benzene rings is 2. The lowest BCUT2D eigenvalue weighted by molar-refractivity contribution is -0.138. The summed E-state index contributed by atoms with van der Waals surface area (Å²) in [6.45, 7) is 3.41. The first kappa shape index (κ1) is 20.2. The number of anilines is 1. The van der Waals surface area contributed by atoms with Crippen molar-refractivity contribution >= 4 is 17.5 Å². The van der Waals surface area contributed by atoms with E-state index in [-0.39, 0.29) is 18.8 Å². The van der Waals surface area contributed by atoms with E-state index in [4.69, 9.17) is 9.47 Å². The Kier molecular flexibility index (Phi) is 6.76. The number of carbonyl (C=O) groups excluding carboxylic acids is 2. The second kappa shape index (κ2) is 9.02. The predicted octanol–water partition coefficient (Wildman–Crippen LogP) is 2.99. The number of nitrogens with one attached hydrogen (secondary N) is 2. The molecule has 0 bridgehead atoms. The van der Waals surface area contributed by atoms with Gasteiger partial charge in [-0.2, -0.15) is 0 Å². The van der Waals surface area contributed by atoms with Crippen molar-refractivity contribution in [1.29, 1.82) is 0 Å². The maximum Gasteiger partial charge on any atom is 0.239 e. The third-order valence-corrected chi connectivity index (χ3v) is 3.97. The molecule has 0 heterocycles. The quantitative estimate of drug-likeness (QED) is 0.550. The molecule has 0 aliphatic carbocycles. The average molecular weight is 374 g/mol. The molecule has 0 saturated carbocycles. The van der Waals surface area contributed by atoms with Gasteiger partial charge in [0.2, 0.25) is 11.8 Å². The van der Waals surface area contributed by atoms with Crippen LogP contribution >= 0.6 is 0 Å². The summed E-state index contributed by atoms with van der Waals surface area (Å²) in [5.41, 5.74) is -1.34. The maximum absolute atomic E-state index is 13.7. The highest BCUT2D eigenvalue weighted by atomic mass is 19.1. The lowest BCUT2D eigenvalue weighted by Crippen LogP contribution is -2.46. The second-order valence-corrected chi connectivity index (χ2v) is 6.34. The zero-order chi connectivity index (χ0) is 19.9. The molecule has 0 spiro atoms. The van der Waals surface area contributed by atoms with Crippen LogP contribution in [-0.2, 0) is 9.59 Å². The summed E-state index contributed by atoms with van der Waals surface area (Å²) in [6, 6.07) is 12.8. The Labute approximate surface area is 157 Å². The minimum Gasteiger partial charge on any atom is -0.497 e. The molecule has 0 unspecified atom stereocenters. The molecule has 2 aromatic carbocycles. The molecular weight excluding hydrogens is 351 g/mol. The van der Waals surface area contributed by atoms with Gasteiger partial charge in [0.15, 0.2) is 0 Å². The molecule has 144 valence electrons. The Morgan fingerprint density at radius 1 is 1.00 bits per heavy atom. The Balaban J connectivity index is 1.82. The topological polar surface area (TPSA) is 76.7 Å². The number of amides is 2. The standard InChI is InChI=1S/C20H23FN2O4/c1-20(2,19(25)23-17-7-5-4-6-16(17)21)18(24)22-12-13-27-15-10-8-14(26-3)9-11-15/h4-11H,12-13H2,1-3H3,(H,22,24)(H,23,25). The first-order valence-electron chi connectivity index (χ1n) is 8.45.